The van der Waals surface area contributed by atoms with Crippen molar-refractivity contribution in [1.82, 2.24) is 14.9 Å². The lowest BCUT2D eigenvalue weighted by molar-refractivity contribution is 0.395. The van der Waals surface area contributed by atoms with E-state index in [4.69, 9.17) is 0 Å². The van der Waals surface area contributed by atoms with Crippen LogP contribution in [-0.2, 0) is 13.0 Å². The minimum atomic E-state index is 0.600. The number of hydrogen-bond donors (Lipinski definition) is 1. The predicted molar refractivity (Wildman–Crippen MR) is 84.9 cm³/mol. The number of aromatic nitrogens is 2. The number of nitrogens with zero attached hydrogens (tertiary/aromatic N) is 2. The lowest BCUT2D eigenvalue weighted by atomic mass is 9.97. The first-order chi connectivity index (χ1) is 9.83. The maximum atomic E-state index is 4.54. The van der Waals surface area contributed by atoms with E-state index < -0.39 is 0 Å². The normalized spacial score (nSPS) is 17.7. The molecule has 0 amide bonds. The van der Waals surface area contributed by atoms with E-state index in [0.717, 1.165) is 25.4 Å². The average Bonchev–Trinajstić information content (AvgIpc) is 3.12. The van der Waals surface area contributed by atoms with E-state index in [0.29, 0.717) is 6.04 Å². The Morgan fingerprint density at radius 1 is 1.35 bits per heavy atom. The van der Waals surface area contributed by atoms with Gasteiger partial charge in [-0.15, -0.1) is 0 Å². The molecule has 0 radical (unpaired) electrons. The van der Waals surface area contributed by atoms with Crippen molar-refractivity contribution in [2.24, 2.45) is 5.92 Å². The lowest BCUT2D eigenvalue weighted by Crippen LogP contribution is -2.33. The van der Waals surface area contributed by atoms with Crippen LogP contribution in [0.1, 0.15) is 64.6 Å². The molecule has 20 heavy (non-hydrogen) atoms. The van der Waals surface area contributed by atoms with Gasteiger partial charge in [0.25, 0.3) is 0 Å². The minimum Gasteiger partial charge on any atom is -0.335 e. The Bertz CT molecular complexity index is 366. The molecule has 0 spiro atoms. The Kier molecular flexibility index (Phi) is 6.58. The molecule has 1 aromatic rings. The second kappa shape index (κ2) is 8.46. The third-order valence-electron chi connectivity index (χ3n) is 4.65. The van der Waals surface area contributed by atoms with Crippen LogP contribution in [0, 0.1) is 5.92 Å². The molecule has 3 nitrogen and oxygen atoms in total. The maximum absolute atomic E-state index is 4.54. The molecule has 0 aromatic carbocycles. The second-order valence-electron chi connectivity index (χ2n) is 6.21. The molecule has 114 valence electrons. The third kappa shape index (κ3) is 4.62. The molecule has 3 heteroatoms. The number of hydrogen-bond acceptors (Lipinski definition) is 2. The fourth-order valence-corrected chi connectivity index (χ4v) is 3.40. The standard InChI is InChI=1S/C17H31N3/c1-3-11-18-16(10-9-15-7-5-6-8-15)14-17-19-12-13-20(17)4-2/h12-13,15-16,18H,3-11,14H2,1-2H3. The first kappa shape index (κ1) is 15.6. The third-order valence-corrected chi connectivity index (χ3v) is 4.65. The molecule has 1 aliphatic carbocycles. The zero-order chi connectivity index (χ0) is 14.2. The Hall–Kier alpha value is -0.830. The number of imidazole rings is 1. The van der Waals surface area contributed by atoms with E-state index in [1.165, 1.54) is 50.8 Å². The topological polar surface area (TPSA) is 29.9 Å². The van der Waals surface area contributed by atoms with Gasteiger partial charge in [0.05, 0.1) is 0 Å². The van der Waals surface area contributed by atoms with E-state index in [9.17, 15) is 0 Å². The smallest absolute Gasteiger partial charge is 0.110 e. The van der Waals surface area contributed by atoms with Crippen LogP contribution < -0.4 is 5.32 Å². The van der Waals surface area contributed by atoms with Crippen LogP contribution in [0.15, 0.2) is 12.4 Å². The van der Waals surface area contributed by atoms with Crippen molar-refractivity contribution < 1.29 is 0 Å². The molecule has 1 saturated carbocycles. The fourth-order valence-electron chi connectivity index (χ4n) is 3.40. The average molecular weight is 277 g/mol. The van der Waals surface area contributed by atoms with E-state index in [1.54, 1.807) is 0 Å². The Morgan fingerprint density at radius 3 is 2.85 bits per heavy atom. The molecule has 0 saturated heterocycles. The van der Waals surface area contributed by atoms with Gasteiger partial charge in [-0.1, -0.05) is 32.6 Å². The molecular formula is C17H31N3. The summed E-state index contributed by atoms with van der Waals surface area (Å²) in [5, 5.41) is 3.73. The fraction of sp³-hybridized carbons (Fsp3) is 0.824. The minimum absolute atomic E-state index is 0.600. The molecule has 1 atom stereocenters. The van der Waals surface area contributed by atoms with Gasteiger partial charge in [-0.3, -0.25) is 0 Å². The monoisotopic (exact) mass is 277 g/mol. The molecule has 1 unspecified atom stereocenters. The van der Waals surface area contributed by atoms with Crippen molar-refractivity contribution in [2.75, 3.05) is 6.54 Å². The van der Waals surface area contributed by atoms with Gasteiger partial charge in [-0.25, -0.2) is 4.98 Å². The van der Waals surface area contributed by atoms with Crippen LogP contribution in [0.4, 0.5) is 0 Å². The highest BCUT2D eigenvalue weighted by atomic mass is 15.1. The molecule has 1 N–H and O–H groups in total. The van der Waals surface area contributed by atoms with Gasteiger partial charge in [0.1, 0.15) is 5.82 Å². The lowest BCUT2D eigenvalue weighted by Gasteiger charge is -2.20. The molecule has 1 aromatic heterocycles. The summed E-state index contributed by atoms with van der Waals surface area (Å²) in [5.41, 5.74) is 0. The molecule has 1 heterocycles. The van der Waals surface area contributed by atoms with Gasteiger partial charge in [0, 0.05) is 31.4 Å². The quantitative estimate of drug-likeness (QED) is 0.744. The van der Waals surface area contributed by atoms with Crippen LogP contribution in [0.5, 0.6) is 0 Å². The maximum Gasteiger partial charge on any atom is 0.110 e. The summed E-state index contributed by atoms with van der Waals surface area (Å²) in [5.74, 6) is 2.24. The van der Waals surface area contributed by atoms with Gasteiger partial charge in [-0.2, -0.15) is 0 Å². The van der Waals surface area contributed by atoms with Gasteiger partial charge < -0.3 is 9.88 Å². The van der Waals surface area contributed by atoms with Gasteiger partial charge in [0.15, 0.2) is 0 Å². The predicted octanol–water partition coefficient (Wildman–Crippen LogP) is 3.78. The van der Waals surface area contributed by atoms with E-state index >= 15 is 0 Å². The highest BCUT2D eigenvalue weighted by Crippen LogP contribution is 2.29. The molecule has 0 aliphatic heterocycles. The van der Waals surface area contributed by atoms with Crippen molar-refractivity contribution in [1.29, 1.82) is 0 Å². The Labute approximate surface area is 124 Å². The zero-order valence-electron chi connectivity index (χ0n) is 13.3. The Balaban J connectivity index is 1.85. The van der Waals surface area contributed by atoms with Crippen molar-refractivity contribution in [3.8, 4) is 0 Å². The molecule has 0 bridgehead atoms. The van der Waals surface area contributed by atoms with Crippen molar-refractivity contribution in [3.05, 3.63) is 18.2 Å². The Morgan fingerprint density at radius 2 is 2.15 bits per heavy atom. The number of rotatable bonds is 9. The molecular weight excluding hydrogens is 246 g/mol. The molecule has 1 aliphatic rings. The highest BCUT2D eigenvalue weighted by molar-refractivity contribution is 4.95. The summed E-state index contributed by atoms with van der Waals surface area (Å²) in [6, 6.07) is 0.600. The number of aryl methyl sites for hydroxylation is 1. The van der Waals surface area contributed by atoms with Crippen LogP contribution in [0.3, 0.4) is 0 Å². The van der Waals surface area contributed by atoms with Gasteiger partial charge in [0.2, 0.25) is 0 Å². The summed E-state index contributed by atoms with van der Waals surface area (Å²) in [6.07, 6.45) is 14.9. The first-order valence-corrected chi connectivity index (χ1v) is 8.56. The second-order valence-corrected chi connectivity index (χ2v) is 6.21. The van der Waals surface area contributed by atoms with E-state index in [1.807, 2.05) is 6.20 Å². The summed E-state index contributed by atoms with van der Waals surface area (Å²) in [7, 11) is 0. The van der Waals surface area contributed by atoms with Crippen molar-refractivity contribution in [3.63, 3.8) is 0 Å². The summed E-state index contributed by atoms with van der Waals surface area (Å²) < 4.78 is 2.27. The molecule has 1 fully saturated rings. The van der Waals surface area contributed by atoms with Crippen molar-refractivity contribution >= 4 is 0 Å². The van der Waals surface area contributed by atoms with E-state index in [-0.39, 0.29) is 0 Å². The summed E-state index contributed by atoms with van der Waals surface area (Å²) >= 11 is 0. The molecule has 2 rings (SSSR count). The van der Waals surface area contributed by atoms with Crippen LogP contribution in [0.2, 0.25) is 0 Å². The van der Waals surface area contributed by atoms with Crippen LogP contribution >= 0.6 is 0 Å². The first-order valence-electron chi connectivity index (χ1n) is 8.56. The zero-order valence-corrected chi connectivity index (χ0v) is 13.3. The highest BCUT2D eigenvalue weighted by Gasteiger charge is 2.18. The van der Waals surface area contributed by atoms with E-state index in [2.05, 4.69) is 34.9 Å². The summed E-state index contributed by atoms with van der Waals surface area (Å²) in [6.45, 7) is 6.59. The number of nitrogens with one attached hydrogen (secondary N) is 1. The summed E-state index contributed by atoms with van der Waals surface area (Å²) in [4.78, 5) is 4.54. The SMILES string of the molecule is CCCNC(CCC1CCCC1)Cc1nccn1CC. The van der Waals surface area contributed by atoms with Gasteiger partial charge >= 0.3 is 0 Å². The van der Waals surface area contributed by atoms with Crippen molar-refractivity contribution in [2.45, 2.75) is 77.8 Å². The van der Waals surface area contributed by atoms with Crippen LogP contribution in [0.25, 0.3) is 0 Å². The van der Waals surface area contributed by atoms with Gasteiger partial charge in [-0.05, 0) is 38.6 Å². The largest absolute Gasteiger partial charge is 0.335 e. The van der Waals surface area contributed by atoms with Crippen LogP contribution in [-0.4, -0.2) is 22.1 Å².